The third-order valence-corrected chi connectivity index (χ3v) is 7.44. The molecule has 1 aliphatic rings. The number of rotatable bonds is 7. The van der Waals surface area contributed by atoms with Gasteiger partial charge in [-0.2, -0.15) is 0 Å². The average molecular weight is 526 g/mol. The summed E-state index contributed by atoms with van der Waals surface area (Å²) in [5.41, 5.74) is 1.43. The van der Waals surface area contributed by atoms with Gasteiger partial charge in [0.15, 0.2) is 5.54 Å². The zero-order valence-corrected chi connectivity index (χ0v) is 22.1. The SMILES string of the molecule is O=C(Nc1ccccc1)C1(c2ccccc2)N(c2ccccc2)CCOC1(Nc1ccccc1)c1ccccc1. The number of ether oxygens (including phenoxy) is 1. The molecule has 0 spiro atoms. The molecule has 0 aromatic heterocycles. The second kappa shape index (κ2) is 11.1. The fourth-order valence-electron chi connectivity index (χ4n) is 5.77. The van der Waals surface area contributed by atoms with Crippen LogP contribution < -0.4 is 15.5 Å². The average Bonchev–Trinajstić information content (AvgIpc) is 3.03. The maximum atomic E-state index is 15.2. The molecular formula is C35H31N3O2. The van der Waals surface area contributed by atoms with Crippen LogP contribution in [0.3, 0.4) is 0 Å². The first kappa shape index (κ1) is 25.4. The van der Waals surface area contributed by atoms with Crippen LogP contribution in [-0.4, -0.2) is 19.1 Å². The molecule has 5 aromatic carbocycles. The largest absolute Gasteiger partial charge is 0.351 e. The van der Waals surface area contributed by atoms with Crippen molar-refractivity contribution in [2.75, 3.05) is 28.7 Å². The van der Waals surface area contributed by atoms with Gasteiger partial charge in [-0.05, 0) is 42.0 Å². The number of morpholine rings is 1. The summed E-state index contributed by atoms with van der Waals surface area (Å²) in [6.07, 6.45) is 0. The zero-order chi connectivity index (χ0) is 27.3. The van der Waals surface area contributed by atoms with E-state index in [0.29, 0.717) is 18.8 Å². The first-order valence-electron chi connectivity index (χ1n) is 13.5. The first-order chi connectivity index (χ1) is 19.7. The Morgan fingerprint density at radius 2 is 1.07 bits per heavy atom. The highest BCUT2D eigenvalue weighted by Crippen LogP contribution is 2.52. The van der Waals surface area contributed by atoms with Crippen LogP contribution in [0.4, 0.5) is 17.1 Å². The smallest absolute Gasteiger partial charge is 0.260 e. The van der Waals surface area contributed by atoms with Crippen molar-refractivity contribution in [3.8, 4) is 0 Å². The van der Waals surface area contributed by atoms with E-state index in [-0.39, 0.29) is 5.91 Å². The Bertz CT molecular complexity index is 1530. The Kier molecular flexibility index (Phi) is 7.04. The number of carbonyl (C=O) groups is 1. The van der Waals surface area contributed by atoms with Crippen LogP contribution >= 0.6 is 0 Å². The van der Waals surface area contributed by atoms with Crippen molar-refractivity contribution in [1.82, 2.24) is 0 Å². The van der Waals surface area contributed by atoms with E-state index < -0.39 is 11.3 Å². The van der Waals surface area contributed by atoms with Gasteiger partial charge in [-0.1, -0.05) is 115 Å². The van der Waals surface area contributed by atoms with Crippen LogP contribution in [0.5, 0.6) is 0 Å². The van der Waals surface area contributed by atoms with Gasteiger partial charge in [0.2, 0.25) is 5.72 Å². The lowest BCUT2D eigenvalue weighted by molar-refractivity contribution is -0.149. The molecule has 6 rings (SSSR count). The summed E-state index contributed by atoms with van der Waals surface area (Å²) in [6.45, 7) is 0.906. The van der Waals surface area contributed by atoms with Gasteiger partial charge >= 0.3 is 0 Å². The molecular weight excluding hydrogens is 494 g/mol. The van der Waals surface area contributed by atoms with Crippen molar-refractivity contribution in [3.63, 3.8) is 0 Å². The second-order valence-electron chi connectivity index (χ2n) is 9.77. The topological polar surface area (TPSA) is 53.6 Å². The number of nitrogens with one attached hydrogen (secondary N) is 2. The Morgan fingerprint density at radius 3 is 1.65 bits per heavy atom. The van der Waals surface area contributed by atoms with Crippen LogP contribution in [0.1, 0.15) is 11.1 Å². The van der Waals surface area contributed by atoms with E-state index in [1.807, 2.05) is 140 Å². The molecule has 5 aromatic rings. The molecule has 0 bridgehead atoms. The maximum absolute atomic E-state index is 15.2. The quantitative estimate of drug-likeness (QED) is 0.240. The van der Waals surface area contributed by atoms with Crippen LogP contribution in [0.15, 0.2) is 152 Å². The Morgan fingerprint density at radius 1 is 0.600 bits per heavy atom. The normalized spacial score (nSPS) is 20.4. The number of hydrogen-bond acceptors (Lipinski definition) is 4. The molecule has 1 aliphatic heterocycles. The molecule has 2 atom stereocenters. The predicted octanol–water partition coefficient (Wildman–Crippen LogP) is 7.02. The molecule has 5 heteroatoms. The third-order valence-electron chi connectivity index (χ3n) is 7.44. The van der Waals surface area contributed by atoms with Gasteiger partial charge in [0.05, 0.1) is 6.61 Å². The molecule has 1 saturated heterocycles. The summed E-state index contributed by atoms with van der Waals surface area (Å²) in [5, 5.41) is 7.00. The zero-order valence-electron chi connectivity index (χ0n) is 22.1. The molecule has 40 heavy (non-hydrogen) atoms. The fraction of sp³-hybridized carbons (Fsp3) is 0.114. The van der Waals surface area contributed by atoms with E-state index in [9.17, 15) is 0 Å². The van der Waals surface area contributed by atoms with Gasteiger partial charge < -0.3 is 20.3 Å². The van der Waals surface area contributed by atoms with Crippen molar-refractivity contribution in [1.29, 1.82) is 0 Å². The number of para-hydroxylation sites is 3. The van der Waals surface area contributed by atoms with Crippen LogP contribution in [-0.2, 0) is 20.8 Å². The highest BCUT2D eigenvalue weighted by molar-refractivity contribution is 6.03. The summed E-state index contributed by atoms with van der Waals surface area (Å²) in [7, 11) is 0. The lowest BCUT2D eigenvalue weighted by Crippen LogP contribution is -2.73. The lowest BCUT2D eigenvalue weighted by atomic mass is 9.72. The number of hydrogen-bond donors (Lipinski definition) is 2. The molecule has 2 unspecified atom stereocenters. The number of nitrogens with zero attached hydrogens (tertiary/aromatic N) is 1. The van der Waals surface area contributed by atoms with Crippen molar-refractivity contribution >= 4 is 23.0 Å². The standard InChI is InChI=1S/C35H31N3O2/c39-33(36-30-20-10-3-11-21-30)34(28-16-6-1-7-17-28)35(29-18-8-2-9-19-29,37-31-22-12-4-13-23-31)40-27-26-38(34)32-24-14-5-15-25-32/h1-25,37H,26-27H2,(H,36,39). The van der Waals surface area contributed by atoms with E-state index in [0.717, 1.165) is 22.5 Å². The molecule has 2 N–H and O–H groups in total. The number of amides is 1. The van der Waals surface area contributed by atoms with E-state index in [1.165, 1.54) is 0 Å². The van der Waals surface area contributed by atoms with Gasteiger partial charge in [-0.15, -0.1) is 0 Å². The van der Waals surface area contributed by atoms with Gasteiger partial charge in [0, 0.05) is 29.2 Å². The molecule has 0 saturated carbocycles. The van der Waals surface area contributed by atoms with Crippen molar-refractivity contribution in [2.45, 2.75) is 11.3 Å². The number of carbonyl (C=O) groups excluding carboxylic acids is 1. The first-order valence-corrected chi connectivity index (χ1v) is 13.5. The highest BCUT2D eigenvalue weighted by atomic mass is 16.5. The van der Waals surface area contributed by atoms with Crippen LogP contribution in [0.2, 0.25) is 0 Å². The van der Waals surface area contributed by atoms with Crippen molar-refractivity contribution in [2.24, 2.45) is 0 Å². The third kappa shape index (κ3) is 4.40. The van der Waals surface area contributed by atoms with Crippen molar-refractivity contribution in [3.05, 3.63) is 163 Å². The summed E-state index contributed by atoms with van der Waals surface area (Å²) in [4.78, 5) is 17.4. The van der Waals surface area contributed by atoms with Gasteiger partial charge in [-0.3, -0.25) is 4.79 Å². The molecule has 0 aliphatic carbocycles. The minimum absolute atomic E-state index is 0.208. The van der Waals surface area contributed by atoms with Gasteiger partial charge in [0.25, 0.3) is 5.91 Å². The van der Waals surface area contributed by atoms with Gasteiger partial charge in [-0.25, -0.2) is 0 Å². The highest BCUT2D eigenvalue weighted by Gasteiger charge is 2.65. The maximum Gasteiger partial charge on any atom is 0.260 e. The Hall–Kier alpha value is -4.87. The molecule has 5 nitrogen and oxygen atoms in total. The summed E-state index contributed by atoms with van der Waals surface area (Å²) in [5.74, 6) is -0.208. The van der Waals surface area contributed by atoms with E-state index in [2.05, 4.69) is 27.7 Å². The minimum Gasteiger partial charge on any atom is -0.351 e. The molecule has 1 fully saturated rings. The van der Waals surface area contributed by atoms with Crippen LogP contribution in [0.25, 0.3) is 0 Å². The summed E-state index contributed by atoms with van der Waals surface area (Å²) < 4.78 is 6.92. The monoisotopic (exact) mass is 525 g/mol. The Labute approximate surface area is 235 Å². The van der Waals surface area contributed by atoms with Gasteiger partial charge in [0.1, 0.15) is 0 Å². The predicted molar refractivity (Wildman–Crippen MR) is 161 cm³/mol. The van der Waals surface area contributed by atoms with E-state index >= 15 is 4.79 Å². The number of anilines is 3. The summed E-state index contributed by atoms with van der Waals surface area (Å²) >= 11 is 0. The second-order valence-corrected chi connectivity index (χ2v) is 9.77. The molecule has 1 heterocycles. The van der Waals surface area contributed by atoms with Crippen molar-refractivity contribution < 1.29 is 9.53 Å². The van der Waals surface area contributed by atoms with E-state index in [4.69, 9.17) is 4.74 Å². The lowest BCUT2D eigenvalue weighted by Gasteiger charge is -2.58. The number of benzene rings is 5. The summed E-state index contributed by atoms with van der Waals surface area (Å²) in [6, 6.07) is 49.6. The van der Waals surface area contributed by atoms with E-state index in [1.54, 1.807) is 0 Å². The fourth-order valence-corrected chi connectivity index (χ4v) is 5.77. The molecule has 1 amide bonds. The Balaban J connectivity index is 1.69. The molecule has 198 valence electrons. The molecule has 0 radical (unpaired) electrons. The minimum atomic E-state index is -1.37. The van der Waals surface area contributed by atoms with Crippen LogP contribution in [0, 0.1) is 0 Å².